The van der Waals surface area contributed by atoms with Gasteiger partial charge in [0.2, 0.25) is 0 Å². The van der Waals surface area contributed by atoms with Crippen molar-refractivity contribution in [3.63, 3.8) is 0 Å². The van der Waals surface area contributed by atoms with Crippen molar-refractivity contribution in [3.05, 3.63) is 29.8 Å². The zero-order valence-electron chi connectivity index (χ0n) is 12.9. The molecule has 1 aliphatic heterocycles. The Balaban J connectivity index is 1.53. The van der Waals surface area contributed by atoms with Crippen LogP contribution in [0, 0.1) is 5.41 Å². The Morgan fingerprint density at radius 1 is 1.10 bits per heavy atom. The number of hydrogen-bond donors (Lipinski definition) is 0. The summed E-state index contributed by atoms with van der Waals surface area (Å²) in [4.78, 5) is 15.9. The molecule has 2 aliphatic rings. The first-order chi connectivity index (χ1) is 10.2. The van der Waals surface area contributed by atoms with Gasteiger partial charge in [0, 0.05) is 10.5 Å². The monoisotopic (exact) mass is 303 g/mol. The van der Waals surface area contributed by atoms with Gasteiger partial charge in [-0.2, -0.15) is 0 Å². The molecule has 2 fully saturated rings. The van der Waals surface area contributed by atoms with Crippen molar-refractivity contribution < 1.29 is 4.79 Å². The van der Waals surface area contributed by atoms with Gasteiger partial charge in [-0.3, -0.25) is 9.69 Å². The van der Waals surface area contributed by atoms with Crippen molar-refractivity contribution in [2.75, 3.05) is 25.9 Å². The molecule has 3 heteroatoms. The van der Waals surface area contributed by atoms with Crippen molar-refractivity contribution in [2.24, 2.45) is 5.41 Å². The third kappa shape index (κ3) is 3.51. The number of likely N-dealkylation sites (tertiary alicyclic amines) is 1. The molecule has 3 rings (SSSR count). The van der Waals surface area contributed by atoms with E-state index in [-0.39, 0.29) is 5.78 Å². The number of carbonyl (C=O) groups excluding carboxylic acids is 1. The number of nitrogens with zero attached hydrogens (tertiary/aromatic N) is 1. The van der Waals surface area contributed by atoms with E-state index in [9.17, 15) is 4.79 Å². The third-order valence-electron chi connectivity index (χ3n) is 5.36. The van der Waals surface area contributed by atoms with Gasteiger partial charge in [0.1, 0.15) is 0 Å². The molecular formula is C18H25NOS. The molecule has 1 heterocycles. The fraction of sp³-hybridized carbons (Fsp3) is 0.611. The van der Waals surface area contributed by atoms with Gasteiger partial charge in [0.05, 0.1) is 6.54 Å². The second kappa shape index (κ2) is 6.53. The van der Waals surface area contributed by atoms with E-state index in [1.54, 1.807) is 11.8 Å². The molecule has 1 aromatic carbocycles. The molecule has 0 amide bonds. The third-order valence-corrected chi connectivity index (χ3v) is 6.10. The lowest BCUT2D eigenvalue weighted by molar-refractivity contribution is 0.0797. The Labute approximate surface area is 132 Å². The summed E-state index contributed by atoms with van der Waals surface area (Å²) in [5.41, 5.74) is 1.49. The largest absolute Gasteiger partial charge is 0.296 e. The number of rotatable bonds is 4. The summed E-state index contributed by atoms with van der Waals surface area (Å²) in [5.74, 6) is 0.269. The summed E-state index contributed by atoms with van der Waals surface area (Å²) in [5, 5.41) is 0. The fourth-order valence-electron chi connectivity index (χ4n) is 3.88. The minimum Gasteiger partial charge on any atom is -0.296 e. The van der Waals surface area contributed by atoms with Gasteiger partial charge in [0.25, 0.3) is 0 Å². The fourth-order valence-corrected chi connectivity index (χ4v) is 4.29. The molecule has 0 radical (unpaired) electrons. The van der Waals surface area contributed by atoms with Crippen LogP contribution in [0.15, 0.2) is 29.2 Å². The van der Waals surface area contributed by atoms with Crippen molar-refractivity contribution in [1.82, 2.24) is 4.90 Å². The smallest absolute Gasteiger partial charge is 0.176 e. The van der Waals surface area contributed by atoms with E-state index in [2.05, 4.69) is 11.2 Å². The SMILES string of the molecule is CSc1ccc(C(=O)CN2CCC3(CCCC3)CC2)cc1. The highest BCUT2D eigenvalue weighted by atomic mass is 32.2. The van der Waals surface area contributed by atoms with E-state index in [0.717, 1.165) is 18.7 Å². The standard InChI is InChI=1S/C18H25NOS/c1-21-16-6-4-15(5-7-16)17(20)14-19-12-10-18(11-13-19)8-2-3-9-18/h4-7H,2-3,8-14H2,1H3. The lowest BCUT2D eigenvalue weighted by atomic mass is 9.77. The van der Waals surface area contributed by atoms with E-state index in [1.807, 2.05) is 24.3 Å². The van der Waals surface area contributed by atoms with E-state index in [1.165, 1.54) is 43.4 Å². The van der Waals surface area contributed by atoms with Gasteiger partial charge < -0.3 is 0 Å². The second-order valence-electron chi connectivity index (χ2n) is 6.63. The van der Waals surface area contributed by atoms with Crippen LogP contribution in [0.25, 0.3) is 0 Å². The average molecular weight is 303 g/mol. The number of ketones is 1. The Bertz CT molecular complexity index is 480. The van der Waals surface area contributed by atoms with Crippen LogP contribution in [-0.4, -0.2) is 36.6 Å². The van der Waals surface area contributed by atoms with Crippen molar-refractivity contribution >= 4 is 17.5 Å². The van der Waals surface area contributed by atoms with Crippen LogP contribution in [0.3, 0.4) is 0 Å². The summed E-state index contributed by atoms with van der Waals surface area (Å²) in [7, 11) is 0. The quantitative estimate of drug-likeness (QED) is 0.613. The lowest BCUT2D eigenvalue weighted by Gasteiger charge is -2.39. The predicted octanol–water partition coefficient (Wildman–Crippen LogP) is 4.25. The first-order valence-corrected chi connectivity index (χ1v) is 9.33. The van der Waals surface area contributed by atoms with Crippen molar-refractivity contribution in [2.45, 2.75) is 43.4 Å². The first kappa shape index (κ1) is 15.1. The lowest BCUT2D eigenvalue weighted by Crippen LogP contribution is -2.41. The molecule has 1 spiro atoms. The van der Waals surface area contributed by atoms with Gasteiger partial charge in [-0.25, -0.2) is 0 Å². The molecule has 1 aliphatic carbocycles. The summed E-state index contributed by atoms with van der Waals surface area (Å²) in [6.07, 6.45) is 10.3. The number of benzene rings is 1. The van der Waals surface area contributed by atoms with Gasteiger partial charge in [0.15, 0.2) is 5.78 Å². The van der Waals surface area contributed by atoms with Gasteiger partial charge >= 0.3 is 0 Å². The maximum atomic E-state index is 12.4. The van der Waals surface area contributed by atoms with E-state index in [0.29, 0.717) is 12.0 Å². The topological polar surface area (TPSA) is 20.3 Å². The Morgan fingerprint density at radius 2 is 1.71 bits per heavy atom. The van der Waals surface area contributed by atoms with Crippen LogP contribution in [0.1, 0.15) is 48.9 Å². The van der Waals surface area contributed by atoms with Crippen LogP contribution >= 0.6 is 11.8 Å². The molecule has 1 saturated heterocycles. The van der Waals surface area contributed by atoms with E-state index >= 15 is 0 Å². The molecule has 1 aromatic rings. The molecule has 0 aromatic heterocycles. The summed E-state index contributed by atoms with van der Waals surface area (Å²) >= 11 is 1.71. The molecule has 114 valence electrons. The van der Waals surface area contributed by atoms with Crippen LogP contribution in [-0.2, 0) is 0 Å². The zero-order chi connectivity index (χ0) is 14.7. The highest BCUT2D eigenvalue weighted by Crippen LogP contribution is 2.46. The molecule has 0 N–H and O–H groups in total. The second-order valence-corrected chi connectivity index (χ2v) is 7.51. The number of thioether (sulfide) groups is 1. The maximum absolute atomic E-state index is 12.4. The Hall–Kier alpha value is -0.800. The minimum absolute atomic E-state index is 0.269. The maximum Gasteiger partial charge on any atom is 0.176 e. The molecule has 1 saturated carbocycles. The zero-order valence-corrected chi connectivity index (χ0v) is 13.8. The van der Waals surface area contributed by atoms with Crippen molar-refractivity contribution in [3.8, 4) is 0 Å². The van der Waals surface area contributed by atoms with Gasteiger partial charge in [-0.15, -0.1) is 11.8 Å². The molecule has 0 unspecified atom stereocenters. The first-order valence-electron chi connectivity index (χ1n) is 8.10. The van der Waals surface area contributed by atoms with Crippen molar-refractivity contribution in [1.29, 1.82) is 0 Å². The number of piperidine rings is 1. The van der Waals surface area contributed by atoms with Crippen LogP contribution in [0.5, 0.6) is 0 Å². The molecule has 2 nitrogen and oxygen atoms in total. The minimum atomic E-state index is 0.269. The predicted molar refractivity (Wildman–Crippen MR) is 89.1 cm³/mol. The number of carbonyl (C=O) groups is 1. The number of Topliss-reactive ketones (excluding diaryl/α,β-unsaturated/α-hetero) is 1. The Kier molecular flexibility index (Phi) is 4.70. The average Bonchev–Trinajstić information content (AvgIpc) is 2.98. The summed E-state index contributed by atoms with van der Waals surface area (Å²) in [6.45, 7) is 2.80. The summed E-state index contributed by atoms with van der Waals surface area (Å²) < 4.78 is 0. The van der Waals surface area contributed by atoms with Crippen LogP contribution in [0.2, 0.25) is 0 Å². The van der Waals surface area contributed by atoms with Gasteiger partial charge in [-0.05, 0) is 62.6 Å². The van der Waals surface area contributed by atoms with Gasteiger partial charge in [-0.1, -0.05) is 25.0 Å². The normalized spacial score (nSPS) is 21.8. The molecule has 21 heavy (non-hydrogen) atoms. The highest BCUT2D eigenvalue weighted by Gasteiger charge is 2.37. The Morgan fingerprint density at radius 3 is 2.29 bits per heavy atom. The van der Waals surface area contributed by atoms with Crippen LogP contribution in [0.4, 0.5) is 0 Å². The summed E-state index contributed by atoms with van der Waals surface area (Å²) in [6, 6.07) is 8.02. The van der Waals surface area contributed by atoms with E-state index < -0.39 is 0 Å². The van der Waals surface area contributed by atoms with Crippen LogP contribution < -0.4 is 0 Å². The molecular weight excluding hydrogens is 278 g/mol. The molecule has 0 atom stereocenters. The van der Waals surface area contributed by atoms with E-state index in [4.69, 9.17) is 0 Å². The molecule has 0 bridgehead atoms. The number of hydrogen-bond acceptors (Lipinski definition) is 3. The highest BCUT2D eigenvalue weighted by molar-refractivity contribution is 7.98.